The Morgan fingerprint density at radius 2 is 1.80 bits per heavy atom. The molecule has 0 aliphatic carbocycles. The van der Waals surface area contributed by atoms with Crippen LogP contribution in [0, 0.1) is 0 Å². The molecular weight excluding hydrogens is 425 g/mol. The number of aromatic nitrogens is 3. The molecule has 3 aromatic rings. The molecule has 1 amide bonds. The van der Waals surface area contributed by atoms with E-state index < -0.39 is 47.3 Å². The molecule has 0 aliphatic rings. The Morgan fingerprint density at radius 1 is 1.17 bits per heavy atom. The Bertz CT molecular complexity index is 1230. The van der Waals surface area contributed by atoms with Crippen LogP contribution >= 0.6 is 11.6 Å². The summed E-state index contributed by atoms with van der Waals surface area (Å²) in [5, 5.41) is 2.99. The zero-order valence-electron chi connectivity index (χ0n) is 15.8. The van der Waals surface area contributed by atoms with E-state index in [1.54, 1.807) is 31.2 Å². The molecule has 158 valence electrons. The zero-order chi connectivity index (χ0) is 22.2. The zero-order valence-corrected chi connectivity index (χ0v) is 16.6. The van der Waals surface area contributed by atoms with E-state index in [1.807, 2.05) is 0 Å². The quantitative estimate of drug-likeness (QED) is 0.676. The first-order chi connectivity index (χ1) is 14.0. The van der Waals surface area contributed by atoms with Crippen LogP contribution < -0.4 is 16.6 Å². The molecule has 1 N–H and O–H groups in total. The van der Waals surface area contributed by atoms with Gasteiger partial charge in [-0.1, -0.05) is 23.7 Å². The van der Waals surface area contributed by atoms with Crippen molar-refractivity contribution in [3.63, 3.8) is 0 Å². The van der Waals surface area contributed by atoms with Gasteiger partial charge in [-0.05, 0) is 36.8 Å². The van der Waals surface area contributed by atoms with Gasteiger partial charge in [0.15, 0.2) is 0 Å². The molecule has 7 nitrogen and oxygen atoms in total. The van der Waals surface area contributed by atoms with E-state index in [0.717, 1.165) is 16.2 Å². The summed E-state index contributed by atoms with van der Waals surface area (Å²) in [7, 11) is 1.18. The van der Waals surface area contributed by atoms with Crippen LogP contribution in [0.2, 0.25) is 5.02 Å². The highest BCUT2D eigenvalue weighted by Crippen LogP contribution is 2.28. The van der Waals surface area contributed by atoms with Crippen molar-refractivity contribution in [2.45, 2.75) is 25.7 Å². The van der Waals surface area contributed by atoms with Gasteiger partial charge in [0.2, 0.25) is 5.91 Å². The average Bonchev–Trinajstić information content (AvgIpc) is 2.68. The molecule has 0 radical (unpaired) electrons. The molecule has 0 bridgehead atoms. The standard InChI is InChI=1S/C19H16ClF3N4O3/c1-10(11-3-5-12(20)6-4-11)24-15(28)9-27-17(29)13-7-8-14(19(21,22)23)25-16(13)26(2)18(27)30/h3-8,10H,9H2,1-2H3,(H,24,28). The van der Waals surface area contributed by atoms with Gasteiger partial charge in [-0.25, -0.2) is 9.78 Å². The second-order valence-electron chi connectivity index (χ2n) is 6.64. The van der Waals surface area contributed by atoms with Gasteiger partial charge in [0.05, 0.1) is 11.4 Å². The largest absolute Gasteiger partial charge is 0.433 e. The Hall–Kier alpha value is -3.14. The molecule has 1 atom stereocenters. The highest BCUT2D eigenvalue weighted by molar-refractivity contribution is 6.30. The molecule has 1 aromatic carbocycles. The van der Waals surface area contributed by atoms with Crippen molar-refractivity contribution in [1.29, 1.82) is 0 Å². The minimum absolute atomic E-state index is 0.205. The molecule has 2 aromatic heterocycles. The summed E-state index contributed by atoms with van der Waals surface area (Å²) < 4.78 is 40.1. The molecule has 3 rings (SSSR count). The molecule has 0 aliphatic heterocycles. The summed E-state index contributed by atoms with van der Waals surface area (Å²) in [6.45, 7) is 1.12. The number of benzene rings is 1. The Kier molecular flexibility index (Phi) is 5.71. The van der Waals surface area contributed by atoms with Gasteiger partial charge in [0.25, 0.3) is 5.56 Å². The van der Waals surface area contributed by atoms with Crippen molar-refractivity contribution < 1.29 is 18.0 Å². The predicted molar refractivity (Wildman–Crippen MR) is 104 cm³/mol. The average molecular weight is 441 g/mol. The highest BCUT2D eigenvalue weighted by atomic mass is 35.5. The molecule has 11 heteroatoms. The lowest BCUT2D eigenvalue weighted by Crippen LogP contribution is -2.43. The summed E-state index contributed by atoms with van der Waals surface area (Å²) in [4.78, 5) is 40.9. The van der Waals surface area contributed by atoms with Crippen molar-refractivity contribution in [2.24, 2.45) is 7.05 Å². The van der Waals surface area contributed by atoms with Gasteiger partial charge < -0.3 is 5.32 Å². The Balaban J connectivity index is 1.92. The summed E-state index contributed by atoms with van der Waals surface area (Å²) in [6, 6.07) is 7.93. The van der Waals surface area contributed by atoms with Crippen molar-refractivity contribution in [1.82, 2.24) is 19.4 Å². The molecular formula is C19H16ClF3N4O3. The fourth-order valence-electron chi connectivity index (χ4n) is 2.94. The number of pyridine rings is 1. The normalized spacial score (nSPS) is 12.7. The number of amides is 1. The van der Waals surface area contributed by atoms with Crippen molar-refractivity contribution in [3.8, 4) is 0 Å². The monoisotopic (exact) mass is 440 g/mol. The maximum absolute atomic E-state index is 12.9. The third kappa shape index (κ3) is 4.23. The molecule has 0 saturated heterocycles. The summed E-state index contributed by atoms with van der Waals surface area (Å²) in [6.07, 6.45) is -4.73. The smallest absolute Gasteiger partial charge is 0.348 e. The van der Waals surface area contributed by atoms with Crippen LogP contribution in [0.15, 0.2) is 46.0 Å². The number of nitrogens with zero attached hydrogens (tertiary/aromatic N) is 3. The highest BCUT2D eigenvalue weighted by Gasteiger charge is 2.33. The molecule has 0 saturated carbocycles. The van der Waals surface area contributed by atoms with Crippen molar-refractivity contribution in [2.75, 3.05) is 0 Å². The predicted octanol–water partition coefficient (Wildman–Crippen LogP) is 2.64. The first-order valence-corrected chi connectivity index (χ1v) is 9.09. The van der Waals surface area contributed by atoms with Gasteiger partial charge in [-0.3, -0.25) is 18.7 Å². The fraction of sp³-hybridized carbons (Fsp3) is 0.263. The Labute approximate surface area is 172 Å². The van der Waals surface area contributed by atoms with E-state index in [2.05, 4.69) is 10.3 Å². The number of carbonyl (C=O) groups excluding carboxylic acids is 1. The fourth-order valence-corrected chi connectivity index (χ4v) is 3.06. The summed E-state index contributed by atoms with van der Waals surface area (Å²) in [5.74, 6) is -0.615. The minimum atomic E-state index is -4.73. The van der Waals surface area contributed by atoms with Gasteiger partial charge in [0, 0.05) is 12.1 Å². The number of hydrogen-bond donors (Lipinski definition) is 1. The lowest BCUT2D eigenvalue weighted by atomic mass is 10.1. The van der Waals surface area contributed by atoms with E-state index in [1.165, 1.54) is 7.05 Å². The lowest BCUT2D eigenvalue weighted by Gasteiger charge is -2.16. The van der Waals surface area contributed by atoms with E-state index in [-0.39, 0.29) is 5.39 Å². The second kappa shape index (κ2) is 7.94. The third-order valence-corrected chi connectivity index (χ3v) is 4.78. The SMILES string of the molecule is CC(NC(=O)Cn1c(=O)c2ccc(C(F)(F)F)nc2n(C)c1=O)c1ccc(Cl)cc1. The van der Waals surface area contributed by atoms with Gasteiger partial charge in [-0.2, -0.15) is 13.2 Å². The van der Waals surface area contributed by atoms with Crippen LogP contribution in [0.3, 0.4) is 0 Å². The van der Waals surface area contributed by atoms with Crippen LogP contribution in [-0.2, 0) is 24.6 Å². The number of fused-ring (bicyclic) bond motifs is 1. The molecule has 0 fully saturated rings. The van der Waals surface area contributed by atoms with Crippen LogP contribution in [-0.4, -0.2) is 20.0 Å². The van der Waals surface area contributed by atoms with Crippen LogP contribution in [0.1, 0.15) is 24.2 Å². The summed E-state index contributed by atoms with van der Waals surface area (Å²) >= 11 is 5.83. The topological polar surface area (TPSA) is 86.0 Å². The number of carbonyl (C=O) groups is 1. The van der Waals surface area contributed by atoms with Gasteiger partial charge >= 0.3 is 11.9 Å². The number of rotatable bonds is 4. The number of halogens is 4. The number of alkyl halides is 3. The molecule has 2 heterocycles. The summed E-state index contributed by atoms with van der Waals surface area (Å²) in [5.41, 5.74) is -2.73. The minimum Gasteiger partial charge on any atom is -0.348 e. The number of hydrogen-bond acceptors (Lipinski definition) is 4. The van der Waals surface area contributed by atoms with E-state index >= 15 is 0 Å². The number of nitrogens with one attached hydrogen (secondary N) is 1. The van der Waals surface area contributed by atoms with E-state index in [0.29, 0.717) is 15.7 Å². The Morgan fingerprint density at radius 3 is 2.40 bits per heavy atom. The maximum Gasteiger partial charge on any atom is 0.433 e. The van der Waals surface area contributed by atoms with Crippen molar-refractivity contribution in [3.05, 3.63) is 73.5 Å². The van der Waals surface area contributed by atoms with Crippen molar-refractivity contribution >= 4 is 28.5 Å². The molecule has 0 spiro atoms. The third-order valence-electron chi connectivity index (χ3n) is 4.53. The van der Waals surface area contributed by atoms with E-state index in [4.69, 9.17) is 11.6 Å². The first kappa shape index (κ1) is 21.6. The van der Waals surface area contributed by atoms with E-state index in [9.17, 15) is 27.6 Å². The maximum atomic E-state index is 12.9. The molecule has 1 unspecified atom stereocenters. The van der Waals surface area contributed by atoms with Crippen LogP contribution in [0.4, 0.5) is 13.2 Å². The van der Waals surface area contributed by atoms with Gasteiger partial charge in [0.1, 0.15) is 17.9 Å². The number of aryl methyl sites for hydroxylation is 1. The van der Waals surface area contributed by atoms with Crippen LogP contribution in [0.25, 0.3) is 11.0 Å². The second-order valence-corrected chi connectivity index (χ2v) is 7.08. The van der Waals surface area contributed by atoms with Crippen LogP contribution in [0.5, 0.6) is 0 Å². The lowest BCUT2D eigenvalue weighted by molar-refractivity contribution is -0.141. The molecule has 30 heavy (non-hydrogen) atoms. The first-order valence-electron chi connectivity index (χ1n) is 8.71. The van der Waals surface area contributed by atoms with Gasteiger partial charge in [-0.15, -0.1) is 0 Å².